The van der Waals surface area contributed by atoms with Gasteiger partial charge in [0.15, 0.2) is 0 Å². The van der Waals surface area contributed by atoms with Gasteiger partial charge in [0.2, 0.25) is 10.0 Å². The Morgan fingerprint density at radius 1 is 1.15 bits per heavy atom. The van der Waals surface area contributed by atoms with Crippen LogP contribution in [0, 0.1) is 26.7 Å². The smallest absolute Gasteiger partial charge is 0.341 e. The van der Waals surface area contributed by atoms with E-state index in [9.17, 15) is 18.0 Å². The van der Waals surface area contributed by atoms with Crippen molar-refractivity contribution >= 4 is 21.9 Å². The summed E-state index contributed by atoms with van der Waals surface area (Å²) in [6, 6.07) is 4.74. The number of amides is 1. The normalized spacial score (nSPS) is 15.5. The molecule has 2 heterocycles. The first kappa shape index (κ1) is 25.0. The van der Waals surface area contributed by atoms with Crippen LogP contribution in [0.25, 0.3) is 0 Å². The molecule has 0 radical (unpaired) electrons. The van der Waals surface area contributed by atoms with Gasteiger partial charge in [0.1, 0.15) is 17.1 Å². The third kappa shape index (κ3) is 5.14. The van der Waals surface area contributed by atoms with Crippen molar-refractivity contribution in [2.45, 2.75) is 52.0 Å². The molecule has 0 aliphatic carbocycles. The van der Waals surface area contributed by atoms with Gasteiger partial charge < -0.3 is 14.1 Å². The molecular weight excluding hydrogens is 444 g/mol. The highest BCUT2D eigenvalue weighted by atomic mass is 32.2. The van der Waals surface area contributed by atoms with Crippen molar-refractivity contribution in [3.8, 4) is 0 Å². The number of carbonyl (C=O) groups is 2. The number of hydrogen-bond donors (Lipinski definition) is 0. The van der Waals surface area contributed by atoms with Gasteiger partial charge in [-0.05, 0) is 68.9 Å². The number of hydrogen-bond acceptors (Lipinski definition) is 6. The zero-order valence-electron chi connectivity index (χ0n) is 20.1. The van der Waals surface area contributed by atoms with E-state index in [4.69, 9.17) is 9.15 Å². The van der Waals surface area contributed by atoms with Gasteiger partial charge in [0, 0.05) is 25.7 Å². The van der Waals surface area contributed by atoms with Crippen LogP contribution < -0.4 is 0 Å². The molecule has 2 aromatic rings. The summed E-state index contributed by atoms with van der Waals surface area (Å²) in [5, 5.41) is 0. The van der Waals surface area contributed by atoms with Crippen LogP contribution >= 0.6 is 0 Å². The number of benzene rings is 1. The minimum absolute atomic E-state index is 0.121. The zero-order valence-corrected chi connectivity index (χ0v) is 20.9. The molecule has 0 N–H and O–H groups in total. The van der Waals surface area contributed by atoms with E-state index in [1.807, 2.05) is 6.92 Å². The van der Waals surface area contributed by atoms with E-state index in [-0.39, 0.29) is 17.3 Å². The van der Waals surface area contributed by atoms with Crippen molar-refractivity contribution in [3.05, 3.63) is 52.0 Å². The lowest BCUT2D eigenvalue weighted by Crippen LogP contribution is -2.38. The topological polar surface area (TPSA) is 97.1 Å². The number of nitrogens with zero attached hydrogens (tertiary/aromatic N) is 2. The minimum Gasteiger partial charge on any atom is -0.465 e. The van der Waals surface area contributed by atoms with Gasteiger partial charge in [-0.15, -0.1) is 0 Å². The number of sulfonamides is 1. The summed E-state index contributed by atoms with van der Waals surface area (Å²) in [4.78, 5) is 26.6. The minimum atomic E-state index is -3.70. The second kappa shape index (κ2) is 9.69. The lowest BCUT2D eigenvalue weighted by atomic mass is 10.0. The molecule has 33 heavy (non-hydrogen) atoms. The van der Waals surface area contributed by atoms with Crippen LogP contribution in [0.1, 0.15) is 63.1 Å². The average Bonchev–Trinajstić information content (AvgIpc) is 3.14. The number of rotatable bonds is 6. The van der Waals surface area contributed by atoms with Gasteiger partial charge >= 0.3 is 5.97 Å². The predicted octanol–water partition coefficient (Wildman–Crippen LogP) is 3.68. The molecule has 0 atom stereocenters. The van der Waals surface area contributed by atoms with Crippen LogP contribution in [0.2, 0.25) is 0 Å². The summed E-state index contributed by atoms with van der Waals surface area (Å²) >= 11 is 0. The van der Waals surface area contributed by atoms with Crippen molar-refractivity contribution in [2.24, 2.45) is 5.92 Å². The van der Waals surface area contributed by atoms with Crippen LogP contribution in [-0.4, -0.2) is 56.7 Å². The van der Waals surface area contributed by atoms with Gasteiger partial charge in [-0.3, -0.25) is 4.79 Å². The van der Waals surface area contributed by atoms with Crippen LogP contribution in [0.3, 0.4) is 0 Å². The predicted molar refractivity (Wildman–Crippen MR) is 124 cm³/mol. The van der Waals surface area contributed by atoms with Crippen LogP contribution in [0.15, 0.2) is 27.5 Å². The van der Waals surface area contributed by atoms with Crippen LogP contribution in [0.4, 0.5) is 0 Å². The Labute approximate surface area is 195 Å². The van der Waals surface area contributed by atoms with E-state index >= 15 is 0 Å². The molecule has 0 bridgehead atoms. The highest BCUT2D eigenvalue weighted by Gasteiger charge is 2.31. The molecule has 0 spiro atoms. The number of carbonyl (C=O) groups excluding carboxylic acids is 2. The van der Waals surface area contributed by atoms with Gasteiger partial charge in [-0.2, -0.15) is 4.31 Å². The molecule has 0 saturated carbocycles. The van der Waals surface area contributed by atoms with E-state index in [1.54, 1.807) is 33.0 Å². The number of esters is 1. The summed E-state index contributed by atoms with van der Waals surface area (Å²) in [5.41, 5.74) is 1.99. The number of methoxy groups -OCH3 is 1. The molecule has 1 aliphatic rings. The fourth-order valence-corrected chi connectivity index (χ4v) is 5.84. The maximum absolute atomic E-state index is 13.4. The summed E-state index contributed by atoms with van der Waals surface area (Å²) in [5.74, 6) is 0.504. The Hall–Kier alpha value is -2.65. The summed E-state index contributed by atoms with van der Waals surface area (Å²) in [6.07, 6.45) is 1.66. The van der Waals surface area contributed by atoms with Gasteiger partial charge in [-0.25, -0.2) is 13.2 Å². The third-order valence-corrected chi connectivity index (χ3v) is 8.37. The van der Waals surface area contributed by atoms with Gasteiger partial charge in [-0.1, -0.05) is 6.92 Å². The highest BCUT2D eigenvalue weighted by molar-refractivity contribution is 7.89. The van der Waals surface area contributed by atoms with Crippen LogP contribution in [-0.2, 0) is 21.3 Å². The summed E-state index contributed by atoms with van der Waals surface area (Å²) in [6.45, 7) is 8.45. The second-order valence-corrected chi connectivity index (χ2v) is 10.7. The largest absolute Gasteiger partial charge is 0.465 e. The van der Waals surface area contributed by atoms with Crippen molar-refractivity contribution in [2.75, 3.05) is 27.2 Å². The molecule has 180 valence electrons. The fraction of sp³-hybridized carbons (Fsp3) is 0.500. The summed E-state index contributed by atoms with van der Waals surface area (Å²) in [7, 11) is -0.805. The number of furan rings is 1. The van der Waals surface area contributed by atoms with Crippen molar-refractivity contribution in [3.63, 3.8) is 0 Å². The Bertz CT molecular complexity index is 1160. The standard InChI is InChI=1S/C24H32N2O6S/c1-15-7-9-26(10-8-15)33(29,30)22-12-19(11-16(2)17(22)3)23(27)25(5)14-20-13-21(18(4)32-20)24(28)31-6/h11-13,15H,7-10,14H2,1-6H3. The molecular formula is C24H32N2O6S. The Kier molecular flexibility index (Phi) is 7.33. The molecule has 1 fully saturated rings. The molecule has 9 heteroatoms. The molecule has 1 aromatic heterocycles. The SMILES string of the molecule is COC(=O)c1cc(CN(C)C(=O)c2cc(C)c(C)c(S(=O)(=O)N3CCC(C)CC3)c2)oc1C. The highest BCUT2D eigenvalue weighted by Crippen LogP contribution is 2.28. The van der Waals surface area contributed by atoms with E-state index < -0.39 is 16.0 Å². The number of ether oxygens (including phenoxy) is 1. The van der Waals surface area contributed by atoms with E-state index in [0.29, 0.717) is 47.2 Å². The van der Waals surface area contributed by atoms with E-state index in [0.717, 1.165) is 18.4 Å². The monoisotopic (exact) mass is 476 g/mol. The Balaban J connectivity index is 1.87. The first-order valence-corrected chi connectivity index (χ1v) is 12.4. The number of aryl methyl sites for hydroxylation is 2. The van der Waals surface area contributed by atoms with E-state index in [1.165, 1.54) is 22.4 Å². The third-order valence-electron chi connectivity index (χ3n) is 6.34. The second-order valence-electron chi connectivity index (χ2n) is 8.84. The quantitative estimate of drug-likeness (QED) is 0.590. The van der Waals surface area contributed by atoms with Crippen LogP contribution in [0.5, 0.6) is 0 Å². The Morgan fingerprint density at radius 3 is 2.39 bits per heavy atom. The summed E-state index contributed by atoms with van der Waals surface area (Å²) < 4.78 is 38.6. The molecule has 1 amide bonds. The lowest BCUT2D eigenvalue weighted by Gasteiger charge is -2.30. The fourth-order valence-electron chi connectivity index (χ4n) is 4.04. The van der Waals surface area contributed by atoms with Gasteiger partial charge in [0.05, 0.1) is 18.6 Å². The first-order valence-electron chi connectivity index (χ1n) is 11.0. The Morgan fingerprint density at radius 2 is 1.79 bits per heavy atom. The molecule has 8 nitrogen and oxygen atoms in total. The molecule has 1 aromatic carbocycles. The van der Waals surface area contributed by atoms with Crippen molar-refractivity contribution in [1.82, 2.24) is 9.21 Å². The van der Waals surface area contributed by atoms with E-state index in [2.05, 4.69) is 6.92 Å². The lowest BCUT2D eigenvalue weighted by molar-refractivity contribution is 0.0598. The molecule has 1 saturated heterocycles. The maximum atomic E-state index is 13.4. The van der Waals surface area contributed by atoms with Crippen molar-refractivity contribution in [1.29, 1.82) is 0 Å². The number of piperidine rings is 1. The maximum Gasteiger partial charge on any atom is 0.341 e. The molecule has 3 rings (SSSR count). The molecule has 0 unspecified atom stereocenters. The average molecular weight is 477 g/mol. The molecule has 1 aliphatic heterocycles. The van der Waals surface area contributed by atoms with Gasteiger partial charge in [0.25, 0.3) is 5.91 Å². The van der Waals surface area contributed by atoms with Crippen molar-refractivity contribution < 1.29 is 27.2 Å². The zero-order chi connectivity index (χ0) is 24.5. The first-order chi connectivity index (χ1) is 15.4.